The molecule has 0 aliphatic heterocycles. The van der Waals surface area contributed by atoms with Crippen LogP contribution in [-0.2, 0) is 10.0 Å². The second-order valence-corrected chi connectivity index (χ2v) is 6.33. The zero-order chi connectivity index (χ0) is 15.5. The van der Waals surface area contributed by atoms with E-state index in [-0.39, 0.29) is 10.8 Å². The Bertz CT molecular complexity index is 743. The summed E-state index contributed by atoms with van der Waals surface area (Å²) in [5.41, 5.74) is 0.830. The van der Waals surface area contributed by atoms with Gasteiger partial charge >= 0.3 is 0 Å². The van der Waals surface area contributed by atoms with E-state index in [0.717, 1.165) is 0 Å². The number of rotatable bonds is 4. The Morgan fingerprint density at radius 1 is 1.14 bits per heavy atom. The van der Waals surface area contributed by atoms with Gasteiger partial charge in [-0.05, 0) is 43.4 Å². The summed E-state index contributed by atoms with van der Waals surface area (Å²) in [6.45, 7) is 0. The Morgan fingerprint density at radius 2 is 1.81 bits per heavy atom. The highest BCUT2D eigenvalue weighted by atomic mass is 35.5. The van der Waals surface area contributed by atoms with Crippen molar-refractivity contribution in [2.24, 2.45) is 0 Å². The lowest BCUT2D eigenvalue weighted by molar-refractivity contribution is 0.102. The first-order chi connectivity index (χ1) is 9.92. The zero-order valence-corrected chi connectivity index (χ0v) is 12.6. The van der Waals surface area contributed by atoms with Gasteiger partial charge in [-0.15, -0.1) is 0 Å². The highest BCUT2D eigenvalue weighted by Crippen LogP contribution is 2.13. The van der Waals surface area contributed by atoms with E-state index in [1.165, 1.54) is 37.5 Å². The summed E-state index contributed by atoms with van der Waals surface area (Å²) in [6.07, 6.45) is 1.43. The molecule has 110 valence electrons. The maximum atomic E-state index is 12.0. The van der Waals surface area contributed by atoms with Gasteiger partial charge in [-0.25, -0.2) is 18.1 Å². The number of carbonyl (C=O) groups excluding carboxylic acids is 1. The number of hydrogen-bond acceptors (Lipinski definition) is 4. The van der Waals surface area contributed by atoms with E-state index in [9.17, 15) is 13.2 Å². The van der Waals surface area contributed by atoms with Crippen LogP contribution in [0.1, 0.15) is 10.4 Å². The Balaban J connectivity index is 2.15. The van der Waals surface area contributed by atoms with E-state index in [0.29, 0.717) is 16.4 Å². The van der Waals surface area contributed by atoms with Crippen molar-refractivity contribution in [1.82, 2.24) is 9.71 Å². The molecule has 1 amide bonds. The molecule has 0 spiro atoms. The van der Waals surface area contributed by atoms with Crippen molar-refractivity contribution in [3.05, 3.63) is 53.3 Å². The van der Waals surface area contributed by atoms with E-state index < -0.39 is 10.0 Å². The zero-order valence-electron chi connectivity index (χ0n) is 11.0. The third-order valence-electron chi connectivity index (χ3n) is 2.68. The van der Waals surface area contributed by atoms with E-state index in [4.69, 9.17) is 11.6 Å². The molecule has 0 radical (unpaired) electrons. The molecule has 1 heterocycles. The molecular weight excluding hydrogens is 314 g/mol. The maximum Gasteiger partial charge on any atom is 0.255 e. The fraction of sp³-hybridized carbons (Fsp3) is 0.0769. The lowest BCUT2D eigenvalue weighted by Gasteiger charge is -2.06. The fourth-order valence-electron chi connectivity index (χ4n) is 1.56. The molecule has 2 rings (SSSR count). The predicted octanol–water partition coefficient (Wildman–Crippen LogP) is 1.90. The van der Waals surface area contributed by atoms with Crippen molar-refractivity contribution >= 4 is 33.2 Å². The van der Waals surface area contributed by atoms with Gasteiger partial charge in [-0.3, -0.25) is 4.79 Å². The number of sulfonamides is 1. The minimum Gasteiger partial charge on any atom is -0.321 e. The van der Waals surface area contributed by atoms with Crippen molar-refractivity contribution in [2.45, 2.75) is 4.90 Å². The molecule has 0 atom stereocenters. The van der Waals surface area contributed by atoms with Crippen LogP contribution in [0.2, 0.25) is 5.15 Å². The molecule has 1 aromatic heterocycles. The standard InChI is InChI=1S/C13H12ClN3O3S/c1-15-21(19,20)11-5-2-9(3-6-11)13(18)17-10-4-7-12(14)16-8-10/h2-8,15H,1H3,(H,17,18). The van der Waals surface area contributed by atoms with Crippen molar-refractivity contribution in [3.63, 3.8) is 0 Å². The van der Waals surface area contributed by atoms with Crippen LogP contribution >= 0.6 is 11.6 Å². The fourth-order valence-corrected chi connectivity index (χ4v) is 2.40. The third-order valence-corrected chi connectivity index (χ3v) is 4.33. The Morgan fingerprint density at radius 3 is 2.33 bits per heavy atom. The molecule has 2 aromatic rings. The maximum absolute atomic E-state index is 12.0. The van der Waals surface area contributed by atoms with Crippen molar-refractivity contribution in [1.29, 1.82) is 0 Å². The number of carbonyl (C=O) groups is 1. The first kappa shape index (κ1) is 15.4. The number of amides is 1. The van der Waals surface area contributed by atoms with Gasteiger partial charge in [0.15, 0.2) is 0 Å². The highest BCUT2D eigenvalue weighted by Gasteiger charge is 2.12. The number of nitrogens with zero attached hydrogens (tertiary/aromatic N) is 1. The summed E-state index contributed by atoms with van der Waals surface area (Å²) in [5, 5.41) is 2.96. The lowest BCUT2D eigenvalue weighted by Crippen LogP contribution is -2.19. The normalized spacial score (nSPS) is 11.1. The molecule has 0 saturated heterocycles. The molecule has 0 aliphatic carbocycles. The van der Waals surface area contributed by atoms with Crippen LogP contribution in [0.25, 0.3) is 0 Å². The molecule has 8 heteroatoms. The summed E-state index contributed by atoms with van der Waals surface area (Å²) >= 11 is 5.65. The molecule has 0 fully saturated rings. The molecule has 0 bridgehead atoms. The number of nitrogens with one attached hydrogen (secondary N) is 2. The minimum absolute atomic E-state index is 0.0923. The van der Waals surface area contributed by atoms with Crippen LogP contribution in [-0.4, -0.2) is 26.4 Å². The third kappa shape index (κ3) is 3.78. The average molecular weight is 326 g/mol. The Hall–Kier alpha value is -1.96. The molecule has 1 aromatic carbocycles. The number of anilines is 1. The monoisotopic (exact) mass is 325 g/mol. The van der Waals surface area contributed by atoms with Crippen LogP contribution in [0.15, 0.2) is 47.5 Å². The predicted molar refractivity (Wildman–Crippen MR) is 79.9 cm³/mol. The van der Waals surface area contributed by atoms with Crippen LogP contribution in [0.3, 0.4) is 0 Å². The Labute approximate surface area is 127 Å². The first-order valence-electron chi connectivity index (χ1n) is 5.89. The van der Waals surface area contributed by atoms with Crippen LogP contribution in [0.5, 0.6) is 0 Å². The van der Waals surface area contributed by atoms with E-state index in [2.05, 4.69) is 15.0 Å². The van der Waals surface area contributed by atoms with Gasteiger partial charge in [-0.1, -0.05) is 11.6 Å². The summed E-state index contributed by atoms with van der Waals surface area (Å²) in [6, 6.07) is 8.76. The van der Waals surface area contributed by atoms with Gasteiger partial charge in [-0.2, -0.15) is 0 Å². The largest absolute Gasteiger partial charge is 0.321 e. The molecule has 0 aliphatic rings. The van der Waals surface area contributed by atoms with Gasteiger partial charge in [0.2, 0.25) is 10.0 Å². The van der Waals surface area contributed by atoms with Gasteiger partial charge in [0.05, 0.1) is 16.8 Å². The Kier molecular flexibility index (Phi) is 4.56. The average Bonchev–Trinajstić information content (AvgIpc) is 2.49. The van der Waals surface area contributed by atoms with Crippen LogP contribution in [0, 0.1) is 0 Å². The minimum atomic E-state index is -3.51. The number of halogens is 1. The topological polar surface area (TPSA) is 88.2 Å². The molecule has 6 nitrogen and oxygen atoms in total. The van der Waals surface area contributed by atoms with E-state index in [1.54, 1.807) is 12.1 Å². The van der Waals surface area contributed by atoms with Crippen molar-refractivity contribution < 1.29 is 13.2 Å². The number of aromatic nitrogens is 1. The summed E-state index contributed by atoms with van der Waals surface area (Å²) in [7, 11) is -2.19. The van der Waals surface area contributed by atoms with E-state index in [1.807, 2.05) is 0 Å². The van der Waals surface area contributed by atoms with Gasteiger partial charge in [0, 0.05) is 5.56 Å². The van der Waals surface area contributed by atoms with Gasteiger partial charge in [0.25, 0.3) is 5.91 Å². The number of pyridine rings is 1. The van der Waals surface area contributed by atoms with Crippen LogP contribution in [0.4, 0.5) is 5.69 Å². The molecule has 0 unspecified atom stereocenters. The van der Waals surface area contributed by atoms with Crippen molar-refractivity contribution in [2.75, 3.05) is 12.4 Å². The van der Waals surface area contributed by atoms with E-state index >= 15 is 0 Å². The quantitative estimate of drug-likeness (QED) is 0.840. The number of benzene rings is 1. The highest BCUT2D eigenvalue weighted by molar-refractivity contribution is 7.89. The second-order valence-electron chi connectivity index (χ2n) is 4.06. The van der Waals surface area contributed by atoms with Gasteiger partial charge < -0.3 is 5.32 Å². The van der Waals surface area contributed by atoms with Gasteiger partial charge in [0.1, 0.15) is 5.15 Å². The first-order valence-corrected chi connectivity index (χ1v) is 7.75. The second kappa shape index (κ2) is 6.21. The lowest BCUT2D eigenvalue weighted by atomic mass is 10.2. The SMILES string of the molecule is CNS(=O)(=O)c1ccc(C(=O)Nc2ccc(Cl)nc2)cc1. The smallest absolute Gasteiger partial charge is 0.255 e. The van der Waals surface area contributed by atoms with Crippen molar-refractivity contribution in [3.8, 4) is 0 Å². The summed E-state index contributed by atoms with van der Waals surface area (Å²) in [4.78, 5) is 15.9. The molecule has 0 saturated carbocycles. The van der Waals surface area contributed by atoms with Crippen LogP contribution < -0.4 is 10.0 Å². The summed E-state index contributed by atoms with van der Waals surface area (Å²) < 4.78 is 25.3. The number of hydrogen-bond donors (Lipinski definition) is 2. The summed E-state index contributed by atoms with van der Waals surface area (Å²) in [5.74, 6) is -0.368. The molecular formula is C13H12ClN3O3S. The molecule has 21 heavy (non-hydrogen) atoms. The molecule has 2 N–H and O–H groups in total.